The first-order valence-corrected chi connectivity index (χ1v) is 8.28. The molecule has 2 amide bonds. The average Bonchev–Trinajstić information content (AvgIpc) is 2.82. The van der Waals surface area contributed by atoms with E-state index in [-0.39, 0.29) is 17.7 Å². The second-order valence-corrected chi connectivity index (χ2v) is 7.15. The largest absolute Gasteiger partial charge is 0.393 e. The number of nitrogens with zero attached hydrogens (tertiary/aromatic N) is 3. The summed E-state index contributed by atoms with van der Waals surface area (Å²) in [4.78, 5) is 14.5. The van der Waals surface area contributed by atoms with Crippen LogP contribution < -0.4 is 5.32 Å². The van der Waals surface area contributed by atoms with Gasteiger partial charge in [0.15, 0.2) is 0 Å². The number of urea groups is 1. The van der Waals surface area contributed by atoms with Gasteiger partial charge in [0.2, 0.25) is 0 Å². The smallest absolute Gasteiger partial charge is 0.322 e. The molecule has 1 unspecified atom stereocenters. The van der Waals surface area contributed by atoms with Crippen molar-refractivity contribution in [2.24, 2.45) is 5.92 Å². The van der Waals surface area contributed by atoms with Gasteiger partial charge in [0.1, 0.15) is 0 Å². The van der Waals surface area contributed by atoms with Gasteiger partial charge in [0.25, 0.3) is 0 Å². The van der Waals surface area contributed by atoms with Crippen LogP contribution in [0.1, 0.15) is 46.0 Å². The highest BCUT2D eigenvalue weighted by molar-refractivity contribution is 5.89. The predicted octanol–water partition coefficient (Wildman–Crippen LogP) is 2.45. The summed E-state index contributed by atoms with van der Waals surface area (Å²) in [5.41, 5.74) is 0.626. The molecule has 0 bridgehead atoms. The fourth-order valence-corrected chi connectivity index (χ4v) is 3.64. The molecule has 122 valence electrons. The summed E-state index contributed by atoms with van der Waals surface area (Å²) in [7, 11) is 0. The molecule has 1 aliphatic carbocycles. The van der Waals surface area contributed by atoms with Crippen molar-refractivity contribution in [1.82, 2.24) is 14.7 Å². The Balaban J connectivity index is 1.65. The van der Waals surface area contributed by atoms with Gasteiger partial charge in [-0.25, -0.2) is 4.79 Å². The van der Waals surface area contributed by atoms with Crippen molar-refractivity contribution in [1.29, 1.82) is 0 Å². The Hall–Kier alpha value is -1.56. The van der Waals surface area contributed by atoms with Crippen LogP contribution in [0.25, 0.3) is 0 Å². The second kappa shape index (κ2) is 5.91. The van der Waals surface area contributed by atoms with Crippen LogP contribution in [-0.4, -0.2) is 44.0 Å². The number of carbonyl (C=O) groups is 1. The predicted molar refractivity (Wildman–Crippen MR) is 84.6 cm³/mol. The Morgan fingerprint density at radius 2 is 2.32 bits per heavy atom. The molecule has 0 radical (unpaired) electrons. The van der Waals surface area contributed by atoms with E-state index in [1.807, 2.05) is 15.8 Å². The van der Waals surface area contributed by atoms with Crippen LogP contribution in [0, 0.1) is 5.92 Å². The molecule has 1 atom stereocenters. The minimum atomic E-state index is -0.266. The number of likely N-dealkylation sites (tertiary alicyclic amines) is 1. The maximum absolute atomic E-state index is 12.6. The lowest BCUT2D eigenvalue weighted by atomic mass is 9.69. The van der Waals surface area contributed by atoms with Crippen LogP contribution in [0.5, 0.6) is 0 Å². The zero-order chi connectivity index (χ0) is 15.7. The Morgan fingerprint density at radius 3 is 2.95 bits per heavy atom. The topological polar surface area (TPSA) is 70.4 Å². The second-order valence-electron chi connectivity index (χ2n) is 7.15. The van der Waals surface area contributed by atoms with Crippen LogP contribution in [-0.2, 0) is 6.54 Å². The van der Waals surface area contributed by atoms with Crippen LogP contribution in [0.3, 0.4) is 0 Å². The number of carbonyl (C=O) groups excluding carboxylic acids is 1. The molecule has 1 aliphatic heterocycles. The van der Waals surface area contributed by atoms with E-state index in [4.69, 9.17) is 0 Å². The molecule has 6 heteroatoms. The van der Waals surface area contributed by atoms with E-state index in [0.29, 0.717) is 25.3 Å². The summed E-state index contributed by atoms with van der Waals surface area (Å²) in [5, 5.41) is 17.2. The Labute approximate surface area is 131 Å². The highest BCUT2D eigenvalue weighted by atomic mass is 16.3. The molecule has 1 saturated heterocycles. The number of hydrogen-bond acceptors (Lipinski definition) is 3. The van der Waals surface area contributed by atoms with E-state index in [0.717, 1.165) is 31.5 Å². The summed E-state index contributed by atoms with van der Waals surface area (Å²) in [6.45, 7) is 5.75. The Morgan fingerprint density at radius 1 is 1.55 bits per heavy atom. The fourth-order valence-electron chi connectivity index (χ4n) is 3.64. The van der Waals surface area contributed by atoms with Gasteiger partial charge in [-0.15, -0.1) is 0 Å². The molecule has 6 nitrogen and oxygen atoms in total. The summed E-state index contributed by atoms with van der Waals surface area (Å²) >= 11 is 0. The number of amides is 2. The van der Waals surface area contributed by atoms with Gasteiger partial charge >= 0.3 is 6.03 Å². The quantitative estimate of drug-likeness (QED) is 0.901. The highest BCUT2D eigenvalue weighted by Gasteiger charge is 2.48. The van der Waals surface area contributed by atoms with Crippen molar-refractivity contribution in [3.05, 3.63) is 12.4 Å². The van der Waals surface area contributed by atoms with Gasteiger partial charge in [-0.3, -0.25) is 4.68 Å². The standard InChI is InChI=1S/C16H26N4O2/c1-12(2)10-19-11-13(9-17-19)18-15(22)20-7-4-14(21)8-16(20)5-3-6-16/h9,11-12,14,21H,3-8,10H2,1-2H3,(H,18,22). The molecule has 2 fully saturated rings. The minimum Gasteiger partial charge on any atom is -0.393 e. The third kappa shape index (κ3) is 2.97. The number of rotatable bonds is 3. The van der Waals surface area contributed by atoms with E-state index in [1.54, 1.807) is 6.20 Å². The normalized spacial score (nSPS) is 23.6. The lowest BCUT2D eigenvalue weighted by Gasteiger charge is -2.54. The first kappa shape index (κ1) is 15.3. The molecule has 3 rings (SSSR count). The summed E-state index contributed by atoms with van der Waals surface area (Å²) in [5.74, 6) is 0.519. The molecule has 2 aliphatic rings. The van der Waals surface area contributed by atoms with Gasteiger partial charge in [0.05, 0.1) is 18.0 Å². The van der Waals surface area contributed by atoms with E-state index < -0.39 is 0 Å². The van der Waals surface area contributed by atoms with E-state index >= 15 is 0 Å². The molecule has 2 heterocycles. The zero-order valence-corrected chi connectivity index (χ0v) is 13.5. The Kier molecular flexibility index (Phi) is 4.12. The van der Waals surface area contributed by atoms with Crippen LogP contribution in [0.15, 0.2) is 12.4 Å². The van der Waals surface area contributed by atoms with Crippen molar-refractivity contribution in [2.45, 2.75) is 64.1 Å². The molecule has 2 N–H and O–H groups in total. The third-order valence-corrected chi connectivity index (χ3v) is 4.84. The first-order chi connectivity index (χ1) is 10.5. The number of aliphatic hydroxyl groups excluding tert-OH is 1. The van der Waals surface area contributed by atoms with Crippen LogP contribution in [0.2, 0.25) is 0 Å². The molecule has 0 aromatic carbocycles. The van der Waals surface area contributed by atoms with Gasteiger partial charge in [-0.05, 0) is 38.0 Å². The minimum absolute atomic E-state index is 0.0595. The molecular weight excluding hydrogens is 280 g/mol. The number of piperidine rings is 1. The molecule has 22 heavy (non-hydrogen) atoms. The van der Waals surface area contributed by atoms with Crippen molar-refractivity contribution in [2.75, 3.05) is 11.9 Å². The lowest BCUT2D eigenvalue weighted by Crippen LogP contribution is -2.62. The number of hydrogen-bond donors (Lipinski definition) is 2. The maximum atomic E-state index is 12.6. The fraction of sp³-hybridized carbons (Fsp3) is 0.750. The number of nitrogens with one attached hydrogen (secondary N) is 1. The van der Waals surface area contributed by atoms with Crippen LogP contribution in [0.4, 0.5) is 10.5 Å². The molecule has 1 saturated carbocycles. The molecule has 1 aromatic heterocycles. The molecular formula is C16H26N4O2. The van der Waals surface area contributed by atoms with Crippen molar-refractivity contribution >= 4 is 11.7 Å². The number of aromatic nitrogens is 2. The zero-order valence-electron chi connectivity index (χ0n) is 13.5. The average molecular weight is 306 g/mol. The summed E-state index contributed by atoms with van der Waals surface area (Å²) in [6.07, 6.45) is 7.85. The van der Waals surface area contributed by atoms with E-state index in [1.165, 1.54) is 0 Å². The lowest BCUT2D eigenvalue weighted by molar-refractivity contribution is -0.0368. The number of aliphatic hydroxyl groups is 1. The SMILES string of the molecule is CC(C)Cn1cc(NC(=O)N2CCC(O)CC23CCC3)cn1. The van der Waals surface area contributed by atoms with Gasteiger partial charge in [-0.1, -0.05) is 13.8 Å². The van der Waals surface area contributed by atoms with Gasteiger partial charge in [0, 0.05) is 24.8 Å². The van der Waals surface area contributed by atoms with Crippen LogP contribution >= 0.6 is 0 Å². The van der Waals surface area contributed by atoms with Crippen molar-refractivity contribution in [3.63, 3.8) is 0 Å². The van der Waals surface area contributed by atoms with Crippen molar-refractivity contribution in [3.8, 4) is 0 Å². The molecule has 1 spiro atoms. The molecule has 1 aromatic rings. The maximum Gasteiger partial charge on any atom is 0.322 e. The van der Waals surface area contributed by atoms with Gasteiger partial charge < -0.3 is 15.3 Å². The highest BCUT2D eigenvalue weighted by Crippen LogP contribution is 2.44. The first-order valence-electron chi connectivity index (χ1n) is 8.28. The summed E-state index contributed by atoms with van der Waals surface area (Å²) in [6, 6.07) is -0.0595. The van der Waals surface area contributed by atoms with Gasteiger partial charge in [-0.2, -0.15) is 5.10 Å². The van der Waals surface area contributed by atoms with E-state index in [9.17, 15) is 9.90 Å². The monoisotopic (exact) mass is 306 g/mol. The van der Waals surface area contributed by atoms with Crippen molar-refractivity contribution < 1.29 is 9.90 Å². The Bertz CT molecular complexity index is 536. The number of anilines is 1. The van der Waals surface area contributed by atoms with E-state index in [2.05, 4.69) is 24.3 Å². The summed E-state index contributed by atoms with van der Waals surface area (Å²) < 4.78 is 1.86. The third-order valence-electron chi connectivity index (χ3n) is 4.84.